The first-order valence-corrected chi connectivity index (χ1v) is 6.41. The van der Waals surface area contributed by atoms with Gasteiger partial charge >= 0.3 is 5.97 Å². The summed E-state index contributed by atoms with van der Waals surface area (Å²) < 4.78 is 0. The van der Waals surface area contributed by atoms with Crippen LogP contribution in [0.4, 0.5) is 11.6 Å². The second kappa shape index (κ2) is 6.92. The molecule has 0 aromatic carbocycles. The van der Waals surface area contributed by atoms with Gasteiger partial charge in [0.1, 0.15) is 24.0 Å². The first-order valence-electron chi connectivity index (χ1n) is 6.41. The van der Waals surface area contributed by atoms with Gasteiger partial charge in [0.15, 0.2) is 0 Å². The SMILES string of the molecule is Cc1nc(NCC(=O)O)cc(N(C)CCC(C)C)n1. The number of carboxylic acids is 1. The van der Waals surface area contributed by atoms with E-state index in [0.29, 0.717) is 17.6 Å². The minimum Gasteiger partial charge on any atom is -0.480 e. The molecular weight excluding hydrogens is 244 g/mol. The van der Waals surface area contributed by atoms with Crippen LogP contribution < -0.4 is 10.2 Å². The zero-order chi connectivity index (χ0) is 14.4. The van der Waals surface area contributed by atoms with E-state index in [2.05, 4.69) is 34.0 Å². The Kier molecular flexibility index (Phi) is 5.54. The Bertz CT molecular complexity index is 435. The van der Waals surface area contributed by atoms with Crippen LogP contribution in [-0.2, 0) is 4.79 Å². The van der Waals surface area contributed by atoms with Gasteiger partial charge in [-0.1, -0.05) is 13.8 Å². The van der Waals surface area contributed by atoms with Crippen molar-refractivity contribution in [2.45, 2.75) is 27.2 Å². The van der Waals surface area contributed by atoms with Gasteiger partial charge in [0.05, 0.1) is 0 Å². The largest absolute Gasteiger partial charge is 0.480 e. The highest BCUT2D eigenvalue weighted by molar-refractivity contribution is 5.72. The molecular formula is C13H22N4O2. The molecule has 0 aliphatic heterocycles. The third-order valence-corrected chi connectivity index (χ3v) is 2.68. The summed E-state index contributed by atoms with van der Waals surface area (Å²) in [7, 11) is 1.98. The fraction of sp³-hybridized carbons (Fsp3) is 0.615. The van der Waals surface area contributed by atoms with E-state index < -0.39 is 5.97 Å². The molecule has 6 heteroatoms. The molecule has 0 fully saturated rings. The summed E-state index contributed by atoms with van der Waals surface area (Å²) in [6.45, 7) is 6.92. The fourth-order valence-electron chi connectivity index (χ4n) is 1.57. The van der Waals surface area contributed by atoms with E-state index in [1.54, 1.807) is 13.0 Å². The Balaban J connectivity index is 2.74. The molecule has 0 amide bonds. The number of anilines is 2. The van der Waals surface area contributed by atoms with E-state index >= 15 is 0 Å². The van der Waals surface area contributed by atoms with Gasteiger partial charge in [0.25, 0.3) is 0 Å². The predicted molar refractivity (Wildman–Crippen MR) is 75.6 cm³/mol. The van der Waals surface area contributed by atoms with Crippen molar-refractivity contribution in [2.24, 2.45) is 5.92 Å². The smallest absolute Gasteiger partial charge is 0.322 e. The molecule has 0 unspecified atom stereocenters. The van der Waals surface area contributed by atoms with Crippen LogP contribution in [0.3, 0.4) is 0 Å². The van der Waals surface area contributed by atoms with Crippen LogP contribution in [0.25, 0.3) is 0 Å². The molecule has 1 heterocycles. The lowest BCUT2D eigenvalue weighted by Crippen LogP contribution is -2.22. The number of nitrogens with zero attached hydrogens (tertiary/aromatic N) is 3. The summed E-state index contributed by atoms with van der Waals surface area (Å²) in [5.41, 5.74) is 0. The number of hydrogen-bond donors (Lipinski definition) is 2. The van der Waals surface area contributed by atoms with Gasteiger partial charge in [0.2, 0.25) is 0 Å². The maximum atomic E-state index is 10.5. The highest BCUT2D eigenvalue weighted by atomic mass is 16.4. The molecule has 0 saturated heterocycles. The molecule has 19 heavy (non-hydrogen) atoms. The van der Waals surface area contributed by atoms with E-state index in [0.717, 1.165) is 18.8 Å². The predicted octanol–water partition coefficient (Wildman–Crippen LogP) is 1.76. The molecule has 0 aliphatic rings. The van der Waals surface area contributed by atoms with E-state index in [9.17, 15) is 4.79 Å². The fourth-order valence-corrected chi connectivity index (χ4v) is 1.57. The van der Waals surface area contributed by atoms with Gasteiger partial charge in [-0.05, 0) is 19.3 Å². The number of aryl methyl sites for hydroxylation is 1. The molecule has 0 bridgehead atoms. The van der Waals surface area contributed by atoms with E-state index in [1.807, 2.05) is 7.05 Å². The first kappa shape index (κ1) is 15.2. The van der Waals surface area contributed by atoms with Gasteiger partial charge in [-0.15, -0.1) is 0 Å². The minimum atomic E-state index is -0.911. The topological polar surface area (TPSA) is 78.3 Å². The number of aliphatic carboxylic acids is 1. The highest BCUT2D eigenvalue weighted by Gasteiger charge is 2.08. The van der Waals surface area contributed by atoms with Crippen molar-refractivity contribution < 1.29 is 9.90 Å². The van der Waals surface area contributed by atoms with E-state index in [4.69, 9.17) is 5.11 Å². The monoisotopic (exact) mass is 266 g/mol. The van der Waals surface area contributed by atoms with E-state index in [1.165, 1.54) is 0 Å². The zero-order valence-electron chi connectivity index (χ0n) is 12.0. The number of nitrogens with one attached hydrogen (secondary N) is 1. The van der Waals surface area contributed by atoms with Crippen molar-refractivity contribution >= 4 is 17.6 Å². The summed E-state index contributed by atoms with van der Waals surface area (Å²) in [4.78, 5) is 21.1. The Hall–Kier alpha value is -1.85. The summed E-state index contributed by atoms with van der Waals surface area (Å²) in [6.07, 6.45) is 1.08. The Labute approximate surface area is 113 Å². The Morgan fingerprint density at radius 2 is 2.16 bits per heavy atom. The molecule has 0 radical (unpaired) electrons. The standard InChI is InChI=1S/C13H22N4O2/c1-9(2)5-6-17(4)12-7-11(14-8-13(18)19)15-10(3)16-12/h7,9H,5-6,8H2,1-4H3,(H,18,19)(H,14,15,16). The normalized spacial score (nSPS) is 10.6. The summed E-state index contributed by atoms with van der Waals surface area (Å²) in [5, 5.41) is 11.4. The molecule has 106 valence electrons. The van der Waals surface area contributed by atoms with Crippen LogP contribution >= 0.6 is 0 Å². The maximum absolute atomic E-state index is 10.5. The third kappa shape index (κ3) is 5.54. The maximum Gasteiger partial charge on any atom is 0.322 e. The summed E-state index contributed by atoms with van der Waals surface area (Å²) in [6, 6.07) is 1.77. The molecule has 2 N–H and O–H groups in total. The van der Waals surface area contributed by atoms with Crippen LogP contribution in [0.1, 0.15) is 26.1 Å². The lowest BCUT2D eigenvalue weighted by atomic mass is 10.1. The summed E-state index contributed by atoms with van der Waals surface area (Å²) in [5.74, 6) is 1.70. The average molecular weight is 266 g/mol. The number of carbonyl (C=O) groups is 1. The van der Waals surface area contributed by atoms with Crippen LogP contribution in [0.15, 0.2) is 6.07 Å². The van der Waals surface area contributed by atoms with Crippen LogP contribution in [0.2, 0.25) is 0 Å². The summed E-state index contributed by atoms with van der Waals surface area (Å²) >= 11 is 0. The van der Waals surface area contributed by atoms with Gasteiger partial charge in [-0.2, -0.15) is 0 Å². The van der Waals surface area contributed by atoms with Crippen molar-refractivity contribution in [3.05, 3.63) is 11.9 Å². The molecule has 0 aliphatic carbocycles. The molecule has 0 saturated carbocycles. The molecule has 0 spiro atoms. The second-order valence-corrected chi connectivity index (χ2v) is 5.01. The lowest BCUT2D eigenvalue weighted by molar-refractivity contribution is -0.134. The molecule has 1 rings (SSSR count). The number of carboxylic acid groups (broad SMARTS) is 1. The lowest BCUT2D eigenvalue weighted by Gasteiger charge is -2.20. The minimum absolute atomic E-state index is 0.147. The second-order valence-electron chi connectivity index (χ2n) is 5.01. The Morgan fingerprint density at radius 3 is 2.74 bits per heavy atom. The van der Waals surface area contributed by atoms with Crippen molar-refractivity contribution in [3.63, 3.8) is 0 Å². The van der Waals surface area contributed by atoms with Crippen LogP contribution in [0, 0.1) is 12.8 Å². The molecule has 0 atom stereocenters. The van der Waals surface area contributed by atoms with Gasteiger partial charge in [-0.25, -0.2) is 9.97 Å². The van der Waals surface area contributed by atoms with Gasteiger partial charge < -0.3 is 15.3 Å². The van der Waals surface area contributed by atoms with Gasteiger partial charge in [-0.3, -0.25) is 4.79 Å². The van der Waals surface area contributed by atoms with Crippen LogP contribution in [0.5, 0.6) is 0 Å². The average Bonchev–Trinajstić information content (AvgIpc) is 2.32. The zero-order valence-corrected chi connectivity index (χ0v) is 12.0. The quantitative estimate of drug-likeness (QED) is 0.783. The van der Waals surface area contributed by atoms with E-state index in [-0.39, 0.29) is 6.54 Å². The number of aromatic nitrogens is 2. The first-order chi connectivity index (χ1) is 8.88. The molecule has 6 nitrogen and oxygen atoms in total. The molecule has 1 aromatic heterocycles. The van der Waals surface area contributed by atoms with Crippen LogP contribution in [-0.4, -0.2) is 41.2 Å². The van der Waals surface area contributed by atoms with Crippen molar-refractivity contribution in [1.29, 1.82) is 0 Å². The van der Waals surface area contributed by atoms with Gasteiger partial charge in [0, 0.05) is 19.7 Å². The Morgan fingerprint density at radius 1 is 1.47 bits per heavy atom. The van der Waals surface area contributed by atoms with Crippen molar-refractivity contribution in [1.82, 2.24) is 9.97 Å². The number of rotatable bonds is 7. The highest BCUT2D eigenvalue weighted by Crippen LogP contribution is 2.15. The number of hydrogen-bond acceptors (Lipinski definition) is 5. The van der Waals surface area contributed by atoms with Crippen molar-refractivity contribution in [2.75, 3.05) is 30.4 Å². The molecule has 1 aromatic rings. The third-order valence-electron chi connectivity index (χ3n) is 2.68. The van der Waals surface area contributed by atoms with Crippen molar-refractivity contribution in [3.8, 4) is 0 Å².